The second kappa shape index (κ2) is 14.1. The molecule has 0 saturated carbocycles. The summed E-state index contributed by atoms with van der Waals surface area (Å²) in [6.07, 6.45) is 1.25. The van der Waals surface area contributed by atoms with Gasteiger partial charge < -0.3 is 20.3 Å². The predicted molar refractivity (Wildman–Crippen MR) is 190 cm³/mol. The molecule has 3 aromatic carbocycles. The summed E-state index contributed by atoms with van der Waals surface area (Å²) in [5.41, 5.74) is 5.51. The molecule has 7 rings (SSSR count). The zero-order chi connectivity index (χ0) is 33.9. The minimum atomic E-state index is -0.427. The third-order valence-electron chi connectivity index (χ3n) is 9.25. The lowest BCUT2D eigenvalue weighted by Gasteiger charge is -2.19. The highest BCUT2D eigenvalue weighted by Gasteiger charge is 2.37. The smallest absolute Gasteiger partial charge is 0.409 e. The second-order valence-corrected chi connectivity index (χ2v) is 13.9. The number of amides is 3. The molecule has 1 aliphatic heterocycles. The van der Waals surface area contributed by atoms with Crippen LogP contribution in [-0.2, 0) is 4.74 Å². The molecule has 248 valence electrons. The normalized spacial score (nSPS) is 16.6. The molecule has 49 heavy (non-hydrogen) atoms. The quantitative estimate of drug-likeness (QED) is 0.191. The lowest BCUT2D eigenvalue weighted by molar-refractivity contribution is 0.0927. The number of halogens is 1. The van der Waals surface area contributed by atoms with Crippen molar-refractivity contribution in [2.45, 2.75) is 5.92 Å². The highest BCUT2D eigenvalue weighted by Crippen LogP contribution is 2.44. The van der Waals surface area contributed by atoms with Crippen LogP contribution in [0.5, 0.6) is 0 Å². The SMILES string of the molecule is O=C(NCC1CN(C(=O)OCC2c3ccccc3-c3ccccc32)CC1CNC(=O)c1ccc(Cl)s1)c1ccc(-n2ccccc2=O)cc1. The highest BCUT2D eigenvalue weighted by atomic mass is 35.5. The maximum absolute atomic E-state index is 13.5. The van der Waals surface area contributed by atoms with Gasteiger partial charge in [0.25, 0.3) is 17.4 Å². The molecule has 3 amide bonds. The average Bonchev–Trinajstić information content (AvgIpc) is 3.84. The van der Waals surface area contributed by atoms with Crippen LogP contribution < -0.4 is 16.2 Å². The molecule has 11 heteroatoms. The summed E-state index contributed by atoms with van der Waals surface area (Å²) in [6, 6.07) is 31.4. The lowest BCUT2D eigenvalue weighted by atomic mass is 9.95. The fraction of sp³-hybridized carbons (Fsp3) is 0.211. The molecule has 3 heterocycles. The van der Waals surface area contributed by atoms with Gasteiger partial charge in [0.05, 0.1) is 9.21 Å². The fourth-order valence-electron chi connectivity index (χ4n) is 6.72. The number of rotatable bonds is 9. The molecular formula is C38H33ClN4O5S. The van der Waals surface area contributed by atoms with Crippen molar-refractivity contribution in [1.29, 1.82) is 0 Å². The standard InChI is InChI=1S/C38H33ClN4O5S/c39-34-17-16-33(49-34)37(46)41-20-26-22-42(38(47)48-23-32-30-9-3-1-7-28(30)29-8-2-4-10-31(29)32)21-25(26)19-40-36(45)24-12-14-27(15-13-24)43-18-6-5-11-35(43)44/h1-18,25-26,32H,19-23H2,(H,40,45)(H,41,46). The van der Waals surface area contributed by atoms with Crippen LogP contribution in [0.3, 0.4) is 0 Å². The van der Waals surface area contributed by atoms with Crippen LogP contribution in [0.25, 0.3) is 16.8 Å². The van der Waals surface area contributed by atoms with Crippen molar-refractivity contribution in [3.63, 3.8) is 0 Å². The number of hydrogen-bond acceptors (Lipinski definition) is 6. The fourth-order valence-corrected chi connectivity index (χ4v) is 7.68. The monoisotopic (exact) mass is 692 g/mol. The largest absolute Gasteiger partial charge is 0.448 e. The van der Waals surface area contributed by atoms with Crippen LogP contribution in [0, 0.1) is 11.8 Å². The van der Waals surface area contributed by atoms with E-state index in [0.717, 1.165) is 22.3 Å². The van der Waals surface area contributed by atoms with Crippen molar-refractivity contribution < 1.29 is 19.1 Å². The Hall–Kier alpha value is -5.19. The molecule has 5 aromatic rings. The second-order valence-electron chi connectivity index (χ2n) is 12.2. The van der Waals surface area contributed by atoms with E-state index in [2.05, 4.69) is 34.9 Å². The van der Waals surface area contributed by atoms with Gasteiger partial charge in [-0.05, 0) is 64.7 Å². The summed E-state index contributed by atoms with van der Waals surface area (Å²) in [5, 5.41) is 5.99. The van der Waals surface area contributed by atoms with Crippen LogP contribution >= 0.6 is 22.9 Å². The van der Waals surface area contributed by atoms with Crippen molar-refractivity contribution in [1.82, 2.24) is 20.1 Å². The average molecular weight is 693 g/mol. The first-order chi connectivity index (χ1) is 23.9. The van der Waals surface area contributed by atoms with Crippen LogP contribution in [-0.4, -0.2) is 60.2 Å². The molecule has 2 atom stereocenters. The van der Waals surface area contributed by atoms with Gasteiger partial charge in [0.15, 0.2) is 0 Å². The molecule has 0 radical (unpaired) electrons. The number of benzene rings is 3. The number of hydrogen-bond donors (Lipinski definition) is 2. The summed E-state index contributed by atoms with van der Waals surface area (Å²) in [7, 11) is 0. The Morgan fingerprint density at radius 2 is 1.37 bits per heavy atom. The van der Waals surface area contributed by atoms with Crippen LogP contribution in [0.1, 0.15) is 37.1 Å². The van der Waals surface area contributed by atoms with E-state index in [1.165, 1.54) is 22.0 Å². The number of likely N-dealkylation sites (tertiary alicyclic amines) is 1. The van der Waals surface area contributed by atoms with Crippen LogP contribution in [0.15, 0.2) is 114 Å². The molecule has 2 aromatic heterocycles. The number of pyridine rings is 1. The Balaban J connectivity index is 1.01. The number of fused-ring (bicyclic) bond motifs is 3. The van der Waals surface area contributed by atoms with Gasteiger partial charge in [0.2, 0.25) is 0 Å². The van der Waals surface area contributed by atoms with Crippen molar-refractivity contribution in [3.8, 4) is 16.8 Å². The molecule has 2 unspecified atom stereocenters. The van der Waals surface area contributed by atoms with Crippen LogP contribution in [0.2, 0.25) is 4.34 Å². The van der Waals surface area contributed by atoms with Gasteiger partial charge in [0, 0.05) is 67.4 Å². The third kappa shape index (κ3) is 6.88. The Labute approximate surface area is 292 Å². The van der Waals surface area contributed by atoms with E-state index in [-0.39, 0.29) is 48.3 Å². The highest BCUT2D eigenvalue weighted by molar-refractivity contribution is 7.18. The van der Waals surface area contributed by atoms with Gasteiger partial charge >= 0.3 is 6.09 Å². The van der Waals surface area contributed by atoms with Gasteiger partial charge in [-0.2, -0.15) is 0 Å². The molecule has 0 spiro atoms. The molecule has 0 bridgehead atoms. The lowest BCUT2D eigenvalue weighted by Crippen LogP contribution is -2.37. The maximum atomic E-state index is 13.5. The van der Waals surface area contributed by atoms with E-state index in [1.54, 1.807) is 59.6 Å². The zero-order valence-electron chi connectivity index (χ0n) is 26.4. The predicted octanol–water partition coefficient (Wildman–Crippen LogP) is 6.21. The first kappa shape index (κ1) is 32.4. The van der Waals surface area contributed by atoms with Crippen molar-refractivity contribution in [2.24, 2.45) is 11.8 Å². The van der Waals surface area contributed by atoms with Crippen molar-refractivity contribution in [3.05, 3.63) is 146 Å². The first-order valence-electron chi connectivity index (χ1n) is 16.1. The van der Waals surface area contributed by atoms with E-state index in [0.29, 0.717) is 40.1 Å². The molecule has 2 aliphatic rings. The van der Waals surface area contributed by atoms with Crippen molar-refractivity contribution in [2.75, 3.05) is 32.8 Å². The molecule has 1 saturated heterocycles. The Morgan fingerprint density at radius 3 is 1.98 bits per heavy atom. The van der Waals surface area contributed by atoms with Gasteiger partial charge in [-0.15, -0.1) is 11.3 Å². The first-order valence-corrected chi connectivity index (χ1v) is 17.2. The number of ether oxygens (including phenoxy) is 1. The number of nitrogens with one attached hydrogen (secondary N) is 2. The van der Waals surface area contributed by atoms with E-state index in [1.807, 2.05) is 24.3 Å². The molecular weight excluding hydrogens is 660 g/mol. The number of thiophene rings is 1. The summed E-state index contributed by atoms with van der Waals surface area (Å²) in [5.74, 6) is -0.848. The van der Waals surface area contributed by atoms with Gasteiger partial charge in [-0.1, -0.05) is 66.2 Å². The summed E-state index contributed by atoms with van der Waals surface area (Å²) in [6.45, 7) is 1.53. The van der Waals surface area contributed by atoms with Gasteiger partial charge in [-0.25, -0.2) is 4.79 Å². The number of nitrogens with zero attached hydrogens (tertiary/aromatic N) is 2. The minimum Gasteiger partial charge on any atom is -0.448 e. The minimum absolute atomic E-state index is 0.0614. The summed E-state index contributed by atoms with van der Waals surface area (Å²) in [4.78, 5) is 53.9. The Bertz CT molecular complexity index is 2030. The third-order valence-corrected chi connectivity index (χ3v) is 10.5. The van der Waals surface area contributed by atoms with Gasteiger partial charge in [0.1, 0.15) is 6.61 Å². The zero-order valence-corrected chi connectivity index (χ0v) is 28.0. The maximum Gasteiger partial charge on any atom is 0.409 e. The van der Waals surface area contributed by atoms with E-state index >= 15 is 0 Å². The van der Waals surface area contributed by atoms with Crippen molar-refractivity contribution >= 4 is 40.8 Å². The van der Waals surface area contributed by atoms with E-state index < -0.39 is 6.09 Å². The van der Waals surface area contributed by atoms with E-state index in [4.69, 9.17) is 16.3 Å². The van der Waals surface area contributed by atoms with Crippen LogP contribution in [0.4, 0.5) is 4.79 Å². The Morgan fingerprint density at radius 1 is 0.755 bits per heavy atom. The summed E-state index contributed by atoms with van der Waals surface area (Å²) >= 11 is 7.23. The van der Waals surface area contributed by atoms with E-state index in [9.17, 15) is 19.2 Å². The molecule has 1 aliphatic carbocycles. The summed E-state index contributed by atoms with van der Waals surface area (Å²) < 4.78 is 7.97. The molecule has 9 nitrogen and oxygen atoms in total. The number of carbonyl (C=O) groups is 3. The topological polar surface area (TPSA) is 110 Å². The van der Waals surface area contributed by atoms with Gasteiger partial charge in [-0.3, -0.25) is 19.0 Å². The number of aromatic nitrogens is 1. The number of carbonyl (C=O) groups excluding carboxylic acids is 3. The molecule has 2 N–H and O–H groups in total. The molecule has 1 fully saturated rings. The Kier molecular flexibility index (Phi) is 9.32.